The summed E-state index contributed by atoms with van der Waals surface area (Å²) in [6.07, 6.45) is 0. The van der Waals surface area contributed by atoms with Crippen LogP contribution in [0.3, 0.4) is 0 Å². The first-order chi connectivity index (χ1) is 10.0. The van der Waals surface area contributed by atoms with E-state index in [-0.39, 0.29) is 29.5 Å². The molecule has 0 amide bonds. The summed E-state index contributed by atoms with van der Waals surface area (Å²) in [5, 5.41) is 9.95. The third kappa shape index (κ3) is 4.22. The zero-order valence-corrected chi connectivity index (χ0v) is 14.4. The second-order valence-electron chi connectivity index (χ2n) is 4.64. The average molecular weight is 387 g/mol. The lowest BCUT2D eigenvalue weighted by molar-refractivity contribution is 0.101. The number of hydrogen-bond donors (Lipinski definition) is 2. The van der Waals surface area contributed by atoms with Crippen LogP contribution >= 0.6 is 28.3 Å². The topological polar surface area (TPSA) is 72.5 Å². The number of rotatable bonds is 5. The molecule has 0 aliphatic rings. The van der Waals surface area contributed by atoms with Crippen molar-refractivity contribution in [3.63, 3.8) is 0 Å². The number of ketones is 1. The second kappa shape index (κ2) is 8.17. The Morgan fingerprint density at radius 2 is 1.77 bits per heavy atom. The molecule has 0 heterocycles. The highest BCUT2D eigenvalue weighted by Crippen LogP contribution is 2.37. The van der Waals surface area contributed by atoms with E-state index in [0.717, 1.165) is 11.1 Å². The summed E-state index contributed by atoms with van der Waals surface area (Å²) >= 11 is 3.25. The Morgan fingerprint density at radius 1 is 1.18 bits per heavy atom. The fourth-order valence-corrected chi connectivity index (χ4v) is 2.33. The number of ether oxygens (including phenoxy) is 1. The Labute approximate surface area is 143 Å². The van der Waals surface area contributed by atoms with Gasteiger partial charge in [-0.1, -0.05) is 24.3 Å². The van der Waals surface area contributed by atoms with Crippen LogP contribution < -0.4 is 10.5 Å². The molecule has 0 saturated carbocycles. The monoisotopic (exact) mass is 385 g/mol. The second-order valence-corrected chi connectivity index (χ2v) is 5.43. The van der Waals surface area contributed by atoms with Crippen molar-refractivity contribution in [3.8, 4) is 11.5 Å². The van der Waals surface area contributed by atoms with Crippen molar-refractivity contribution in [1.29, 1.82) is 0 Å². The quantitative estimate of drug-likeness (QED) is 0.766. The standard InChI is InChI=1S/C16H16BrNO3.ClH/c1-10(19)13-6-7-14(15(17)16(13)20)21-9-12-4-2-11(8-18)3-5-12;/h2-7,20H,8-9,18H2,1H3;1H. The van der Waals surface area contributed by atoms with Crippen LogP contribution in [0.1, 0.15) is 28.4 Å². The van der Waals surface area contributed by atoms with Crippen LogP contribution in [0.5, 0.6) is 11.5 Å². The Hall–Kier alpha value is -1.56. The molecule has 2 aromatic carbocycles. The van der Waals surface area contributed by atoms with Gasteiger partial charge in [0.1, 0.15) is 22.6 Å². The Bertz CT molecular complexity index is 659. The molecule has 0 saturated heterocycles. The minimum Gasteiger partial charge on any atom is -0.506 e. The molecule has 118 valence electrons. The zero-order valence-electron chi connectivity index (χ0n) is 12.0. The number of phenols is 1. The molecular formula is C16H17BrClNO3. The first-order valence-corrected chi connectivity index (χ1v) is 7.25. The third-order valence-corrected chi connectivity index (χ3v) is 3.88. The lowest BCUT2D eigenvalue weighted by atomic mass is 10.1. The van der Waals surface area contributed by atoms with Crippen LogP contribution in [0.15, 0.2) is 40.9 Å². The SMILES string of the molecule is CC(=O)c1ccc(OCc2ccc(CN)cc2)c(Br)c1O.Cl. The van der Waals surface area contributed by atoms with Crippen molar-refractivity contribution in [1.82, 2.24) is 0 Å². The van der Waals surface area contributed by atoms with E-state index >= 15 is 0 Å². The van der Waals surface area contributed by atoms with Crippen LogP contribution in [0.2, 0.25) is 0 Å². The number of hydrogen-bond acceptors (Lipinski definition) is 4. The largest absolute Gasteiger partial charge is 0.506 e. The van der Waals surface area contributed by atoms with Crippen molar-refractivity contribution >= 4 is 34.1 Å². The van der Waals surface area contributed by atoms with E-state index in [2.05, 4.69) is 15.9 Å². The van der Waals surface area contributed by atoms with Gasteiger partial charge in [0.25, 0.3) is 0 Å². The molecule has 0 fully saturated rings. The van der Waals surface area contributed by atoms with Crippen LogP contribution in [0, 0.1) is 0 Å². The first-order valence-electron chi connectivity index (χ1n) is 6.46. The van der Waals surface area contributed by atoms with E-state index in [4.69, 9.17) is 10.5 Å². The summed E-state index contributed by atoms with van der Waals surface area (Å²) in [5.41, 5.74) is 7.87. The smallest absolute Gasteiger partial charge is 0.163 e. The molecule has 3 N–H and O–H groups in total. The van der Waals surface area contributed by atoms with Gasteiger partial charge in [0.2, 0.25) is 0 Å². The van der Waals surface area contributed by atoms with Crippen molar-refractivity contribution in [2.24, 2.45) is 5.73 Å². The number of nitrogens with two attached hydrogens (primary N) is 1. The molecule has 0 aliphatic heterocycles. The minimum atomic E-state index is -0.197. The predicted octanol–water partition coefficient (Wildman–Crippen LogP) is 3.82. The van der Waals surface area contributed by atoms with E-state index in [1.165, 1.54) is 6.92 Å². The van der Waals surface area contributed by atoms with Gasteiger partial charge >= 0.3 is 0 Å². The predicted molar refractivity (Wildman–Crippen MR) is 91.7 cm³/mol. The molecule has 0 unspecified atom stereocenters. The molecular weight excluding hydrogens is 370 g/mol. The Balaban J connectivity index is 0.00000242. The maximum Gasteiger partial charge on any atom is 0.163 e. The van der Waals surface area contributed by atoms with Crippen LogP contribution in [0.4, 0.5) is 0 Å². The first kappa shape index (κ1) is 18.5. The van der Waals surface area contributed by atoms with Crippen molar-refractivity contribution in [2.45, 2.75) is 20.1 Å². The van der Waals surface area contributed by atoms with Crippen LogP contribution in [0.25, 0.3) is 0 Å². The van der Waals surface area contributed by atoms with E-state index < -0.39 is 0 Å². The number of phenolic OH excluding ortho intramolecular Hbond substituents is 1. The van der Waals surface area contributed by atoms with Crippen LogP contribution in [-0.4, -0.2) is 10.9 Å². The summed E-state index contributed by atoms with van der Waals surface area (Å²) in [5.74, 6) is 0.191. The van der Waals surface area contributed by atoms with E-state index in [1.54, 1.807) is 12.1 Å². The van der Waals surface area contributed by atoms with Gasteiger partial charge in [-0.3, -0.25) is 4.79 Å². The molecule has 0 atom stereocenters. The summed E-state index contributed by atoms with van der Waals surface area (Å²) in [7, 11) is 0. The van der Waals surface area contributed by atoms with Gasteiger partial charge in [-0.25, -0.2) is 0 Å². The van der Waals surface area contributed by atoms with Gasteiger partial charge in [-0.15, -0.1) is 12.4 Å². The molecule has 0 spiro atoms. The van der Waals surface area contributed by atoms with E-state index in [9.17, 15) is 9.90 Å². The van der Waals surface area contributed by atoms with Gasteiger partial charge < -0.3 is 15.6 Å². The summed E-state index contributed by atoms with van der Waals surface area (Å²) in [4.78, 5) is 11.3. The summed E-state index contributed by atoms with van der Waals surface area (Å²) < 4.78 is 6.05. The third-order valence-electron chi connectivity index (χ3n) is 3.11. The molecule has 0 aliphatic carbocycles. The van der Waals surface area contributed by atoms with Crippen molar-refractivity contribution in [2.75, 3.05) is 0 Å². The number of Topliss-reactive ketones (excluding diaryl/α,β-unsaturated/α-hetero) is 1. The fraction of sp³-hybridized carbons (Fsp3) is 0.188. The number of halogens is 2. The maximum absolute atomic E-state index is 11.3. The fourth-order valence-electron chi connectivity index (χ4n) is 1.87. The van der Waals surface area contributed by atoms with Gasteiger partial charge in [-0.2, -0.15) is 0 Å². The van der Waals surface area contributed by atoms with Gasteiger partial charge in [0, 0.05) is 6.54 Å². The molecule has 4 nitrogen and oxygen atoms in total. The molecule has 2 aromatic rings. The van der Waals surface area contributed by atoms with Crippen LogP contribution in [-0.2, 0) is 13.2 Å². The molecule has 0 radical (unpaired) electrons. The maximum atomic E-state index is 11.3. The number of benzene rings is 2. The molecule has 6 heteroatoms. The molecule has 22 heavy (non-hydrogen) atoms. The highest BCUT2D eigenvalue weighted by Gasteiger charge is 2.14. The number of carbonyl (C=O) groups excluding carboxylic acids is 1. The van der Waals surface area contributed by atoms with E-state index in [1.807, 2.05) is 24.3 Å². The highest BCUT2D eigenvalue weighted by atomic mass is 79.9. The van der Waals surface area contributed by atoms with Crippen molar-refractivity contribution < 1.29 is 14.6 Å². The molecule has 0 aromatic heterocycles. The normalized spacial score (nSPS) is 9.95. The summed E-state index contributed by atoms with van der Waals surface area (Å²) in [6.45, 7) is 2.27. The average Bonchev–Trinajstić information content (AvgIpc) is 2.49. The highest BCUT2D eigenvalue weighted by molar-refractivity contribution is 9.10. The minimum absolute atomic E-state index is 0. The van der Waals surface area contributed by atoms with E-state index in [0.29, 0.717) is 23.4 Å². The van der Waals surface area contributed by atoms with Gasteiger partial charge in [0.15, 0.2) is 5.78 Å². The van der Waals surface area contributed by atoms with Gasteiger partial charge in [-0.05, 0) is 46.1 Å². The van der Waals surface area contributed by atoms with Crippen molar-refractivity contribution in [3.05, 3.63) is 57.6 Å². The number of aromatic hydroxyl groups is 1. The molecule has 2 rings (SSSR count). The number of carbonyl (C=O) groups is 1. The molecule has 0 bridgehead atoms. The lowest BCUT2D eigenvalue weighted by Crippen LogP contribution is -2.00. The summed E-state index contributed by atoms with van der Waals surface area (Å²) in [6, 6.07) is 11.0. The lowest BCUT2D eigenvalue weighted by Gasteiger charge is -2.11. The Kier molecular flexibility index (Phi) is 6.87. The Morgan fingerprint density at radius 3 is 2.32 bits per heavy atom. The van der Waals surface area contributed by atoms with Gasteiger partial charge in [0.05, 0.1) is 5.56 Å². The zero-order chi connectivity index (χ0) is 15.4.